The van der Waals surface area contributed by atoms with Gasteiger partial charge in [-0.1, -0.05) is 42.6 Å². The monoisotopic (exact) mass is 341 g/mol. The molecule has 0 aromatic heterocycles. The summed E-state index contributed by atoms with van der Waals surface area (Å²) >= 11 is 3.44. The van der Waals surface area contributed by atoms with Gasteiger partial charge in [0, 0.05) is 10.5 Å². The Labute approximate surface area is 130 Å². The maximum Gasteiger partial charge on any atom is 0.126 e. The average molecular weight is 342 g/mol. The van der Waals surface area contributed by atoms with Crippen molar-refractivity contribution in [2.45, 2.75) is 52.0 Å². The van der Waals surface area contributed by atoms with Crippen LogP contribution in [-0.4, -0.2) is 13.1 Å². The molecule has 1 aliphatic carbocycles. The molecule has 1 aromatic carbocycles. The Morgan fingerprint density at radius 3 is 2.80 bits per heavy atom. The maximum atomic E-state index is 14.0. The van der Waals surface area contributed by atoms with Gasteiger partial charge in [-0.05, 0) is 61.4 Å². The van der Waals surface area contributed by atoms with E-state index in [1.165, 1.54) is 25.7 Å². The molecule has 2 unspecified atom stereocenters. The van der Waals surface area contributed by atoms with Gasteiger partial charge in [0.2, 0.25) is 0 Å². The molecule has 1 nitrogen and oxygen atoms in total. The Morgan fingerprint density at radius 2 is 2.15 bits per heavy atom. The van der Waals surface area contributed by atoms with Gasteiger partial charge in [-0.25, -0.2) is 4.39 Å². The van der Waals surface area contributed by atoms with Gasteiger partial charge < -0.3 is 5.32 Å². The van der Waals surface area contributed by atoms with Gasteiger partial charge in [-0.15, -0.1) is 0 Å². The maximum absolute atomic E-state index is 14.0. The summed E-state index contributed by atoms with van der Waals surface area (Å²) in [6.07, 6.45) is 5.90. The molecule has 1 N–H and O–H groups in total. The third-order valence-electron chi connectivity index (χ3n) is 4.89. The van der Waals surface area contributed by atoms with Crippen LogP contribution in [0.1, 0.15) is 45.1 Å². The predicted octanol–water partition coefficient (Wildman–Crippen LogP) is 4.94. The topological polar surface area (TPSA) is 12.0 Å². The molecular formula is C17H25BrFN. The van der Waals surface area contributed by atoms with Crippen molar-refractivity contribution in [1.29, 1.82) is 0 Å². The van der Waals surface area contributed by atoms with Gasteiger partial charge in [-0.3, -0.25) is 0 Å². The highest BCUT2D eigenvalue weighted by Crippen LogP contribution is 2.43. The largest absolute Gasteiger partial charge is 0.316 e. The minimum atomic E-state index is -0.0953. The van der Waals surface area contributed by atoms with Crippen LogP contribution >= 0.6 is 15.9 Å². The van der Waals surface area contributed by atoms with Crippen LogP contribution in [0.3, 0.4) is 0 Å². The average Bonchev–Trinajstić information content (AvgIpc) is 2.40. The van der Waals surface area contributed by atoms with Gasteiger partial charge in [0.05, 0.1) is 0 Å². The summed E-state index contributed by atoms with van der Waals surface area (Å²) in [5.74, 6) is 0.515. The normalized spacial score (nSPS) is 23.6. The van der Waals surface area contributed by atoms with E-state index >= 15 is 0 Å². The Bertz CT molecular complexity index is 458. The Kier molecular flexibility index (Phi) is 5.25. The molecule has 3 heteroatoms. The number of benzene rings is 1. The van der Waals surface area contributed by atoms with Crippen molar-refractivity contribution < 1.29 is 4.39 Å². The van der Waals surface area contributed by atoms with E-state index in [4.69, 9.17) is 0 Å². The molecule has 0 spiro atoms. The second kappa shape index (κ2) is 6.57. The molecular weight excluding hydrogens is 317 g/mol. The van der Waals surface area contributed by atoms with Gasteiger partial charge in [0.15, 0.2) is 0 Å². The molecule has 0 heterocycles. The van der Waals surface area contributed by atoms with Gasteiger partial charge >= 0.3 is 0 Å². The SMILES string of the molecule is CNC(Cc1cc(Br)ccc1F)C1CCCCC1(C)C. The van der Waals surface area contributed by atoms with E-state index in [0.717, 1.165) is 16.5 Å². The fourth-order valence-corrected chi connectivity index (χ4v) is 4.06. The lowest BCUT2D eigenvalue weighted by molar-refractivity contribution is 0.101. The first-order valence-electron chi connectivity index (χ1n) is 7.55. The summed E-state index contributed by atoms with van der Waals surface area (Å²) in [6, 6.07) is 5.57. The summed E-state index contributed by atoms with van der Waals surface area (Å²) in [5.41, 5.74) is 1.15. The fourth-order valence-electron chi connectivity index (χ4n) is 3.65. The molecule has 2 rings (SSSR count). The summed E-state index contributed by atoms with van der Waals surface area (Å²) in [7, 11) is 2.01. The molecule has 1 saturated carbocycles. The van der Waals surface area contributed by atoms with Crippen molar-refractivity contribution >= 4 is 15.9 Å². The summed E-state index contributed by atoms with van der Waals surface area (Å²) in [6.45, 7) is 4.72. The Hall–Kier alpha value is -0.410. The number of hydrogen-bond acceptors (Lipinski definition) is 1. The van der Waals surface area contributed by atoms with Crippen LogP contribution in [0.5, 0.6) is 0 Å². The molecule has 1 fully saturated rings. The lowest BCUT2D eigenvalue weighted by Crippen LogP contribution is -2.44. The van der Waals surface area contributed by atoms with E-state index < -0.39 is 0 Å². The van der Waals surface area contributed by atoms with Crippen molar-refractivity contribution in [3.05, 3.63) is 34.1 Å². The van der Waals surface area contributed by atoms with E-state index in [0.29, 0.717) is 17.4 Å². The standard InChI is InChI=1S/C17H25BrFN/c1-17(2)9-5-4-6-14(17)16(20-3)11-12-10-13(18)7-8-15(12)19/h7-8,10,14,16,20H,4-6,9,11H2,1-3H3. The van der Waals surface area contributed by atoms with Crippen molar-refractivity contribution in [1.82, 2.24) is 5.32 Å². The molecule has 2 atom stereocenters. The highest BCUT2D eigenvalue weighted by Gasteiger charge is 2.37. The molecule has 0 bridgehead atoms. The first-order chi connectivity index (χ1) is 9.44. The van der Waals surface area contributed by atoms with Crippen LogP contribution in [0.25, 0.3) is 0 Å². The summed E-state index contributed by atoms with van der Waals surface area (Å²) in [4.78, 5) is 0. The lowest BCUT2D eigenvalue weighted by atomic mass is 9.65. The van der Waals surface area contributed by atoms with Crippen LogP contribution in [0.2, 0.25) is 0 Å². The van der Waals surface area contributed by atoms with Crippen LogP contribution in [0, 0.1) is 17.2 Å². The van der Waals surface area contributed by atoms with Gasteiger partial charge in [-0.2, -0.15) is 0 Å². The van der Waals surface area contributed by atoms with Crippen molar-refractivity contribution in [3.63, 3.8) is 0 Å². The van der Waals surface area contributed by atoms with Crippen LogP contribution in [0.15, 0.2) is 22.7 Å². The Morgan fingerprint density at radius 1 is 1.40 bits per heavy atom. The zero-order valence-corrected chi connectivity index (χ0v) is 14.3. The van der Waals surface area contributed by atoms with Crippen molar-refractivity contribution in [2.24, 2.45) is 11.3 Å². The quantitative estimate of drug-likeness (QED) is 0.818. The van der Waals surface area contributed by atoms with Crippen LogP contribution < -0.4 is 5.32 Å². The first-order valence-corrected chi connectivity index (χ1v) is 8.34. The van der Waals surface area contributed by atoms with Crippen molar-refractivity contribution in [2.75, 3.05) is 7.05 Å². The summed E-state index contributed by atoms with van der Waals surface area (Å²) < 4.78 is 14.9. The number of halogens is 2. The van der Waals surface area contributed by atoms with Gasteiger partial charge in [0.25, 0.3) is 0 Å². The van der Waals surface area contributed by atoms with E-state index in [2.05, 4.69) is 35.1 Å². The highest BCUT2D eigenvalue weighted by molar-refractivity contribution is 9.10. The van der Waals surface area contributed by atoms with E-state index in [-0.39, 0.29) is 5.82 Å². The molecule has 0 aliphatic heterocycles. The molecule has 112 valence electrons. The van der Waals surface area contributed by atoms with Gasteiger partial charge in [0.1, 0.15) is 5.82 Å². The van der Waals surface area contributed by atoms with Crippen LogP contribution in [0.4, 0.5) is 4.39 Å². The third kappa shape index (κ3) is 3.62. The predicted molar refractivity (Wildman–Crippen MR) is 86.4 cm³/mol. The smallest absolute Gasteiger partial charge is 0.126 e. The molecule has 0 saturated heterocycles. The zero-order valence-electron chi connectivity index (χ0n) is 12.7. The summed E-state index contributed by atoms with van der Waals surface area (Å²) in [5, 5.41) is 3.44. The first kappa shape index (κ1) is 16.0. The van der Waals surface area contributed by atoms with Crippen LogP contribution in [-0.2, 0) is 6.42 Å². The second-order valence-corrected chi connectivity index (χ2v) is 7.59. The molecule has 0 amide bonds. The Balaban J connectivity index is 2.18. The molecule has 0 radical (unpaired) electrons. The highest BCUT2D eigenvalue weighted by atomic mass is 79.9. The number of nitrogens with one attached hydrogen (secondary N) is 1. The zero-order chi connectivity index (χ0) is 14.8. The minimum Gasteiger partial charge on any atom is -0.316 e. The lowest BCUT2D eigenvalue weighted by Gasteiger charge is -2.43. The van der Waals surface area contributed by atoms with Crippen molar-refractivity contribution in [3.8, 4) is 0 Å². The number of rotatable bonds is 4. The molecule has 1 aromatic rings. The van der Waals surface area contributed by atoms with E-state index in [1.54, 1.807) is 12.1 Å². The number of hydrogen-bond donors (Lipinski definition) is 1. The fraction of sp³-hybridized carbons (Fsp3) is 0.647. The van der Waals surface area contributed by atoms with E-state index in [1.807, 2.05) is 13.1 Å². The van der Waals surface area contributed by atoms with E-state index in [9.17, 15) is 4.39 Å². The number of likely N-dealkylation sites (N-methyl/N-ethyl adjacent to an activating group) is 1. The molecule has 1 aliphatic rings. The minimum absolute atomic E-state index is 0.0953. The third-order valence-corrected chi connectivity index (χ3v) is 5.39. The molecule has 20 heavy (non-hydrogen) atoms. The second-order valence-electron chi connectivity index (χ2n) is 6.68.